The molecular formula is C14H19N3O3. The molecule has 3 N–H and O–H groups in total. The Balaban J connectivity index is 1.70. The highest BCUT2D eigenvalue weighted by Crippen LogP contribution is 2.13. The Labute approximate surface area is 117 Å². The Morgan fingerprint density at radius 2 is 2.15 bits per heavy atom. The number of nitrogen functional groups attached to an aromatic ring is 1. The predicted molar refractivity (Wildman–Crippen MR) is 75.2 cm³/mol. The largest absolute Gasteiger partial charge is 0.493 e. The van der Waals surface area contributed by atoms with Crippen molar-refractivity contribution in [2.45, 2.75) is 18.9 Å². The fourth-order valence-corrected chi connectivity index (χ4v) is 2.05. The number of anilines is 1. The number of carbonyl (C=O) groups is 2. The number of rotatable bonds is 5. The molecular weight excluding hydrogens is 258 g/mol. The van der Waals surface area contributed by atoms with Crippen molar-refractivity contribution in [3.8, 4) is 5.75 Å². The minimum atomic E-state index is -0.385. The summed E-state index contributed by atoms with van der Waals surface area (Å²) in [5.74, 6) is 0.468. The number of nitrogens with one attached hydrogen (secondary N) is 1. The van der Waals surface area contributed by atoms with Gasteiger partial charge < -0.3 is 20.7 Å². The second-order valence-corrected chi connectivity index (χ2v) is 4.84. The van der Waals surface area contributed by atoms with Gasteiger partial charge in [0.2, 0.25) is 11.8 Å². The van der Waals surface area contributed by atoms with Gasteiger partial charge >= 0.3 is 0 Å². The fraction of sp³-hybridized carbons (Fsp3) is 0.429. The first-order valence-electron chi connectivity index (χ1n) is 6.59. The van der Waals surface area contributed by atoms with E-state index in [4.69, 9.17) is 10.5 Å². The van der Waals surface area contributed by atoms with Gasteiger partial charge in [0.05, 0.1) is 13.0 Å². The molecule has 1 aromatic rings. The van der Waals surface area contributed by atoms with Crippen LogP contribution in [0, 0.1) is 0 Å². The van der Waals surface area contributed by atoms with Crippen molar-refractivity contribution in [3.05, 3.63) is 24.3 Å². The van der Waals surface area contributed by atoms with Crippen molar-refractivity contribution in [2.24, 2.45) is 0 Å². The molecule has 1 atom stereocenters. The monoisotopic (exact) mass is 277 g/mol. The molecule has 1 aromatic carbocycles. The SMILES string of the molecule is CN1CCC(NC(=O)CCOc2ccc(N)cc2)C1=O. The van der Waals surface area contributed by atoms with Crippen LogP contribution in [0.25, 0.3) is 0 Å². The number of nitrogens with two attached hydrogens (primary N) is 1. The van der Waals surface area contributed by atoms with Crippen LogP contribution in [0.1, 0.15) is 12.8 Å². The maximum absolute atomic E-state index is 11.7. The quantitative estimate of drug-likeness (QED) is 0.762. The Kier molecular flexibility index (Phi) is 4.45. The van der Waals surface area contributed by atoms with Crippen LogP contribution in [0.2, 0.25) is 0 Å². The van der Waals surface area contributed by atoms with Gasteiger partial charge in [0.1, 0.15) is 11.8 Å². The highest BCUT2D eigenvalue weighted by atomic mass is 16.5. The average Bonchev–Trinajstić information content (AvgIpc) is 2.73. The summed E-state index contributed by atoms with van der Waals surface area (Å²) >= 11 is 0. The second-order valence-electron chi connectivity index (χ2n) is 4.84. The molecule has 6 nitrogen and oxygen atoms in total. The van der Waals surface area contributed by atoms with Crippen LogP contribution in [0.4, 0.5) is 5.69 Å². The van der Waals surface area contributed by atoms with Crippen LogP contribution in [-0.2, 0) is 9.59 Å². The van der Waals surface area contributed by atoms with Crippen molar-refractivity contribution >= 4 is 17.5 Å². The summed E-state index contributed by atoms with van der Waals surface area (Å²) in [5.41, 5.74) is 6.23. The molecule has 0 aromatic heterocycles. The first kappa shape index (κ1) is 14.2. The Bertz CT molecular complexity index is 487. The second kappa shape index (κ2) is 6.27. The van der Waals surface area contributed by atoms with E-state index in [0.29, 0.717) is 24.4 Å². The highest BCUT2D eigenvalue weighted by molar-refractivity contribution is 5.88. The molecule has 1 aliphatic rings. The van der Waals surface area contributed by atoms with Gasteiger partial charge in [0, 0.05) is 19.3 Å². The molecule has 0 aliphatic carbocycles. The summed E-state index contributed by atoms with van der Waals surface area (Å²) in [6.07, 6.45) is 0.887. The molecule has 2 amide bonds. The van der Waals surface area contributed by atoms with Gasteiger partial charge in [-0.25, -0.2) is 0 Å². The summed E-state index contributed by atoms with van der Waals surface area (Å²) in [6.45, 7) is 0.957. The highest BCUT2D eigenvalue weighted by Gasteiger charge is 2.29. The first-order valence-corrected chi connectivity index (χ1v) is 6.59. The van der Waals surface area contributed by atoms with Crippen LogP contribution in [0.3, 0.4) is 0 Å². The smallest absolute Gasteiger partial charge is 0.244 e. The number of likely N-dealkylation sites (N-methyl/N-ethyl adjacent to an activating group) is 1. The minimum absolute atomic E-state index is 0.0298. The number of ether oxygens (including phenoxy) is 1. The van der Waals surface area contributed by atoms with E-state index in [-0.39, 0.29) is 30.9 Å². The molecule has 0 bridgehead atoms. The van der Waals surface area contributed by atoms with Gasteiger partial charge in [-0.1, -0.05) is 0 Å². The summed E-state index contributed by atoms with van der Waals surface area (Å²) in [6, 6.07) is 6.60. The van der Waals surface area contributed by atoms with Gasteiger partial charge in [0.25, 0.3) is 0 Å². The standard InChI is InChI=1S/C14H19N3O3/c1-17-8-6-12(14(17)19)16-13(18)7-9-20-11-4-2-10(15)3-5-11/h2-5,12H,6-9,15H2,1H3,(H,16,18). The van der Waals surface area contributed by atoms with Crippen LogP contribution >= 0.6 is 0 Å². The maximum atomic E-state index is 11.7. The molecule has 1 unspecified atom stereocenters. The Morgan fingerprint density at radius 3 is 2.75 bits per heavy atom. The van der Waals surface area contributed by atoms with E-state index in [0.717, 1.165) is 0 Å². The summed E-state index contributed by atoms with van der Waals surface area (Å²) in [4.78, 5) is 25.0. The van der Waals surface area contributed by atoms with E-state index in [2.05, 4.69) is 5.32 Å². The fourth-order valence-electron chi connectivity index (χ4n) is 2.05. The molecule has 6 heteroatoms. The zero-order valence-electron chi connectivity index (χ0n) is 11.5. The average molecular weight is 277 g/mol. The van der Waals surface area contributed by atoms with E-state index < -0.39 is 0 Å². The van der Waals surface area contributed by atoms with Gasteiger partial charge in [0.15, 0.2) is 0 Å². The van der Waals surface area contributed by atoms with Crippen molar-refractivity contribution < 1.29 is 14.3 Å². The molecule has 20 heavy (non-hydrogen) atoms. The number of hydrogen-bond acceptors (Lipinski definition) is 4. The van der Waals surface area contributed by atoms with Crippen LogP contribution in [0.5, 0.6) is 5.75 Å². The number of likely N-dealkylation sites (tertiary alicyclic amines) is 1. The third-order valence-electron chi connectivity index (χ3n) is 3.24. The van der Waals surface area contributed by atoms with E-state index in [1.165, 1.54) is 0 Å². The number of nitrogens with zero attached hydrogens (tertiary/aromatic N) is 1. The zero-order chi connectivity index (χ0) is 14.5. The van der Waals surface area contributed by atoms with E-state index in [1.54, 1.807) is 36.2 Å². The van der Waals surface area contributed by atoms with Gasteiger partial charge in [-0.2, -0.15) is 0 Å². The number of carbonyl (C=O) groups excluding carboxylic acids is 2. The van der Waals surface area contributed by atoms with Gasteiger partial charge in [-0.3, -0.25) is 9.59 Å². The number of benzene rings is 1. The Hall–Kier alpha value is -2.24. The molecule has 2 rings (SSSR count). The minimum Gasteiger partial charge on any atom is -0.493 e. The van der Waals surface area contributed by atoms with Crippen molar-refractivity contribution in [3.63, 3.8) is 0 Å². The van der Waals surface area contributed by atoms with E-state index >= 15 is 0 Å². The molecule has 0 saturated carbocycles. The molecule has 1 heterocycles. The normalized spacial score (nSPS) is 18.1. The topological polar surface area (TPSA) is 84.7 Å². The molecule has 108 valence electrons. The lowest BCUT2D eigenvalue weighted by atomic mass is 10.2. The Morgan fingerprint density at radius 1 is 1.45 bits per heavy atom. The van der Waals surface area contributed by atoms with Crippen LogP contribution in [0.15, 0.2) is 24.3 Å². The predicted octanol–water partition coefficient (Wildman–Crippen LogP) is 0.385. The lowest BCUT2D eigenvalue weighted by Crippen LogP contribution is -2.40. The van der Waals surface area contributed by atoms with Gasteiger partial charge in [-0.15, -0.1) is 0 Å². The summed E-state index contributed by atoms with van der Waals surface area (Å²) < 4.78 is 5.43. The van der Waals surface area contributed by atoms with Crippen molar-refractivity contribution in [1.82, 2.24) is 10.2 Å². The van der Waals surface area contributed by atoms with E-state index in [1.807, 2.05) is 0 Å². The lowest BCUT2D eigenvalue weighted by Gasteiger charge is -2.12. The zero-order valence-corrected chi connectivity index (χ0v) is 11.5. The lowest BCUT2D eigenvalue weighted by molar-refractivity contribution is -0.132. The molecule has 1 fully saturated rings. The van der Waals surface area contributed by atoms with E-state index in [9.17, 15) is 9.59 Å². The van der Waals surface area contributed by atoms with Crippen molar-refractivity contribution in [2.75, 3.05) is 25.9 Å². The summed E-state index contributed by atoms with van der Waals surface area (Å²) in [7, 11) is 1.73. The van der Waals surface area contributed by atoms with Crippen LogP contribution < -0.4 is 15.8 Å². The van der Waals surface area contributed by atoms with Gasteiger partial charge in [-0.05, 0) is 30.7 Å². The molecule has 0 radical (unpaired) electrons. The first-order chi connectivity index (χ1) is 9.56. The van der Waals surface area contributed by atoms with Crippen molar-refractivity contribution in [1.29, 1.82) is 0 Å². The van der Waals surface area contributed by atoms with Crippen LogP contribution in [-0.4, -0.2) is 43.0 Å². The summed E-state index contributed by atoms with van der Waals surface area (Å²) in [5, 5.41) is 2.72. The molecule has 1 aliphatic heterocycles. The number of amides is 2. The third-order valence-corrected chi connectivity index (χ3v) is 3.24. The third kappa shape index (κ3) is 3.63. The molecule has 1 saturated heterocycles. The maximum Gasteiger partial charge on any atom is 0.244 e. The molecule has 0 spiro atoms. The number of hydrogen-bond donors (Lipinski definition) is 2.